The Kier molecular flexibility index (Phi) is 8.73. The molecule has 0 atom stereocenters. The van der Waals surface area contributed by atoms with Gasteiger partial charge in [0.25, 0.3) is 0 Å². The molecule has 1 aliphatic carbocycles. The fourth-order valence-electron chi connectivity index (χ4n) is 5.73. The van der Waals surface area contributed by atoms with Gasteiger partial charge in [-0.15, -0.1) is 0 Å². The zero-order chi connectivity index (χ0) is 20.8. The Morgan fingerprint density at radius 3 is 2.17 bits per heavy atom. The lowest BCUT2D eigenvalue weighted by molar-refractivity contribution is 0.186. The Balaban J connectivity index is 1.45. The molecule has 0 unspecified atom stereocenters. The standard InChI is InChI=1S/C24H34ClF3Si/c1-2-11-29-12-9-20(10-13-29)19-7-5-17(6-8-19)3-4-18-14-21(26)24(22(27)15-18)23(28)16-25/h14-17,19-20,29H,2-13H2,1H3. The first-order chi connectivity index (χ1) is 14.0. The molecule has 1 aromatic rings. The van der Waals surface area contributed by atoms with Gasteiger partial charge >= 0.3 is 0 Å². The van der Waals surface area contributed by atoms with Crippen molar-refractivity contribution >= 4 is 26.2 Å². The summed E-state index contributed by atoms with van der Waals surface area (Å²) in [6.45, 7) is 2.33. The predicted molar refractivity (Wildman–Crippen MR) is 120 cm³/mol. The van der Waals surface area contributed by atoms with Gasteiger partial charge in [-0.3, -0.25) is 0 Å². The van der Waals surface area contributed by atoms with Gasteiger partial charge in [0.1, 0.15) is 17.5 Å². The fourth-order valence-corrected chi connectivity index (χ4v) is 9.32. The number of hydrogen-bond acceptors (Lipinski definition) is 0. The first kappa shape index (κ1) is 22.9. The van der Waals surface area contributed by atoms with E-state index in [9.17, 15) is 13.2 Å². The van der Waals surface area contributed by atoms with Gasteiger partial charge in [-0.25, -0.2) is 13.2 Å². The monoisotopic (exact) mass is 442 g/mol. The Bertz CT molecular complexity index is 666. The van der Waals surface area contributed by atoms with E-state index in [0.717, 1.165) is 18.3 Å². The molecule has 29 heavy (non-hydrogen) atoms. The van der Waals surface area contributed by atoms with Gasteiger partial charge in [-0.2, -0.15) is 0 Å². The van der Waals surface area contributed by atoms with Crippen LogP contribution in [0.2, 0.25) is 18.1 Å². The molecule has 0 bridgehead atoms. The number of halogens is 4. The lowest BCUT2D eigenvalue weighted by atomic mass is 9.73. The van der Waals surface area contributed by atoms with Gasteiger partial charge in [-0.1, -0.05) is 68.8 Å². The summed E-state index contributed by atoms with van der Waals surface area (Å²) in [7, 11) is -0.394. The maximum absolute atomic E-state index is 14.1. The summed E-state index contributed by atoms with van der Waals surface area (Å²) >= 11 is 5.25. The minimum Gasteiger partial charge on any atom is -0.206 e. The van der Waals surface area contributed by atoms with Crippen LogP contribution in [0.1, 0.15) is 69.4 Å². The molecule has 0 radical (unpaired) electrons. The highest BCUT2D eigenvalue weighted by molar-refractivity contribution is 6.58. The maximum Gasteiger partial charge on any atom is 0.147 e. The van der Waals surface area contributed by atoms with Crippen LogP contribution in [-0.2, 0) is 6.42 Å². The zero-order valence-electron chi connectivity index (χ0n) is 17.5. The van der Waals surface area contributed by atoms with Gasteiger partial charge < -0.3 is 0 Å². The molecule has 1 saturated heterocycles. The molecule has 5 heteroatoms. The third-order valence-corrected chi connectivity index (χ3v) is 11.3. The number of benzene rings is 1. The fraction of sp³-hybridized carbons (Fsp3) is 0.667. The summed E-state index contributed by atoms with van der Waals surface area (Å²) < 4.78 is 41.6. The topological polar surface area (TPSA) is 0 Å². The van der Waals surface area contributed by atoms with E-state index in [-0.39, 0.29) is 0 Å². The molecular formula is C24H34ClF3Si. The average molecular weight is 443 g/mol. The van der Waals surface area contributed by atoms with Crippen LogP contribution in [0.25, 0.3) is 5.83 Å². The third-order valence-electron chi connectivity index (χ3n) is 7.42. The van der Waals surface area contributed by atoms with Crippen molar-refractivity contribution in [3.05, 3.63) is 40.4 Å². The smallest absolute Gasteiger partial charge is 0.147 e. The predicted octanol–water partition coefficient (Wildman–Crippen LogP) is 8.26. The number of aryl methyl sites for hydroxylation is 1. The van der Waals surface area contributed by atoms with Crippen molar-refractivity contribution in [2.75, 3.05) is 0 Å². The van der Waals surface area contributed by atoms with E-state index >= 15 is 0 Å². The SMILES string of the molecule is CCC[SiH]1CCC(C2CCC(CCc3cc(F)c(C(F)=CCl)c(F)c3)CC2)CC1. The Labute approximate surface area is 180 Å². The molecule has 0 spiro atoms. The van der Waals surface area contributed by atoms with Crippen molar-refractivity contribution in [3.63, 3.8) is 0 Å². The van der Waals surface area contributed by atoms with Crippen molar-refractivity contribution in [3.8, 4) is 0 Å². The number of rotatable bonds is 7. The molecule has 1 aromatic carbocycles. The molecule has 1 aliphatic heterocycles. The second kappa shape index (κ2) is 11.0. The van der Waals surface area contributed by atoms with E-state index in [0.29, 0.717) is 23.4 Å². The van der Waals surface area contributed by atoms with Gasteiger partial charge in [0, 0.05) is 14.3 Å². The normalized spacial score (nSPS) is 28.5. The van der Waals surface area contributed by atoms with Crippen molar-refractivity contribution in [2.45, 2.75) is 82.8 Å². The summed E-state index contributed by atoms with van der Waals surface area (Å²) in [4.78, 5) is 0. The minimum atomic E-state index is -1.07. The summed E-state index contributed by atoms with van der Waals surface area (Å²) in [5, 5.41) is 0. The summed E-state index contributed by atoms with van der Waals surface area (Å²) in [5.41, 5.74) is 0.506. The van der Waals surface area contributed by atoms with Crippen LogP contribution in [0.15, 0.2) is 17.7 Å². The van der Waals surface area contributed by atoms with Crippen molar-refractivity contribution in [1.29, 1.82) is 0 Å². The van der Waals surface area contributed by atoms with Crippen LogP contribution in [0, 0.1) is 29.4 Å². The van der Waals surface area contributed by atoms with Crippen LogP contribution in [0.3, 0.4) is 0 Å². The molecule has 0 aromatic heterocycles. The molecule has 1 heterocycles. The van der Waals surface area contributed by atoms with Crippen LogP contribution in [-0.4, -0.2) is 8.80 Å². The highest BCUT2D eigenvalue weighted by Gasteiger charge is 2.31. The first-order valence-corrected chi connectivity index (χ1v) is 14.3. The first-order valence-electron chi connectivity index (χ1n) is 11.5. The maximum atomic E-state index is 14.1. The van der Waals surface area contributed by atoms with Gasteiger partial charge in [0.2, 0.25) is 0 Å². The quantitative estimate of drug-likeness (QED) is 0.373. The molecule has 0 amide bonds. The van der Waals surface area contributed by atoms with E-state index in [1.807, 2.05) is 0 Å². The lowest BCUT2D eigenvalue weighted by Crippen LogP contribution is -2.28. The summed E-state index contributed by atoms with van der Waals surface area (Å²) in [5.74, 6) is -0.319. The highest BCUT2D eigenvalue weighted by Crippen LogP contribution is 2.42. The largest absolute Gasteiger partial charge is 0.206 e. The molecule has 0 N–H and O–H groups in total. The number of hydrogen-bond donors (Lipinski definition) is 0. The van der Waals surface area contributed by atoms with Crippen molar-refractivity contribution < 1.29 is 13.2 Å². The van der Waals surface area contributed by atoms with Crippen molar-refractivity contribution in [1.82, 2.24) is 0 Å². The van der Waals surface area contributed by atoms with E-state index in [1.54, 1.807) is 12.1 Å². The summed E-state index contributed by atoms with van der Waals surface area (Å²) in [6, 6.07) is 7.16. The van der Waals surface area contributed by atoms with E-state index < -0.39 is 31.8 Å². The third kappa shape index (κ3) is 6.13. The molecule has 2 fully saturated rings. The average Bonchev–Trinajstić information content (AvgIpc) is 2.73. The molecule has 0 nitrogen and oxygen atoms in total. The van der Waals surface area contributed by atoms with Gasteiger partial charge in [0.15, 0.2) is 0 Å². The van der Waals surface area contributed by atoms with Crippen LogP contribution in [0.5, 0.6) is 0 Å². The van der Waals surface area contributed by atoms with E-state index in [1.165, 1.54) is 63.1 Å². The Morgan fingerprint density at radius 2 is 1.62 bits per heavy atom. The Hall–Kier alpha value is -0.743. The second-order valence-corrected chi connectivity index (χ2v) is 13.0. The van der Waals surface area contributed by atoms with Crippen LogP contribution < -0.4 is 0 Å². The minimum absolute atomic E-state index is 0.394. The Morgan fingerprint density at radius 1 is 1.03 bits per heavy atom. The van der Waals surface area contributed by atoms with Gasteiger partial charge in [0.05, 0.1) is 5.56 Å². The summed E-state index contributed by atoms with van der Waals surface area (Å²) in [6.07, 6.45) is 11.0. The lowest BCUT2D eigenvalue weighted by Gasteiger charge is -2.37. The van der Waals surface area contributed by atoms with Crippen LogP contribution >= 0.6 is 11.6 Å². The molecule has 3 rings (SSSR count). The van der Waals surface area contributed by atoms with E-state index in [4.69, 9.17) is 11.6 Å². The second-order valence-electron chi connectivity index (χ2n) is 9.28. The van der Waals surface area contributed by atoms with Gasteiger partial charge in [-0.05, 0) is 61.1 Å². The van der Waals surface area contributed by atoms with Crippen molar-refractivity contribution in [2.24, 2.45) is 17.8 Å². The highest BCUT2D eigenvalue weighted by atomic mass is 35.5. The molecule has 162 valence electrons. The van der Waals surface area contributed by atoms with Crippen LogP contribution in [0.4, 0.5) is 13.2 Å². The molecular weight excluding hydrogens is 409 g/mol. The van der Waals surface area contributed by atoms with E-state index in [2.05, 4.69) is 6.92 Å². The molecule has 2 aliphatic rings. The zero-order valence-corrected chi connectivity index (χ0v) is 19.4. The molecule has 1 saturated carbocycles.